The lowest BCUT2D eigenvalue weighted by molar-refractivity contribution is -0.917. The number of thiocarbonyl (C=S) groups is 1. The van der Waals surface area contributed by atoms with E-state index in [-0.39, 0.29) is 0 Å². The summed E-state index contributed by atoms with van der Waals surface area (Å²) in [4.78, 5) is 7.97. The molecule has 2 aromatic rings. The van der Waals surface area contributed by atoms with Gasteiger partial charge in [-0.05, 0) is 55.4 Å². The van der Waals surface area contributed by atoms with E-state index in [0.29, 0.717) is 0 Å². The molecule has 1 aliphatic rings. The van der Waals surface area contributed by atoms with Gasteiger partial charge in [-0.2, -0.15) is 0 Å². The van der Waals surface area contributed by atoms with Gasteiger partial charge in [-0.15, -0.1) is 0 Å². The number of pyridine rings is 1. The number of rotatable bonds is 3. The number of piperazine rings is 1. The summed E-state index contributed by atoms with van der Waals surface area (Å²) in [5.74, 6) is 0. The first-order valence-corrected chi connectivity index (χ1v) is 8.89. The average Bonchev–Trinajstić information content (AvgIpc) is 2.60. The van der Waals surface area contributed by atoms with E-state index in [1.807, 2.05) is 12.4 Å². The first-order chi connectivity index (χ1) is 11.6. The lowest BCUT2D eigenvalue weighted by atomic mass is 10.1. The molecule has 0 aliphatic carbocycles. The summed E-state index contributed by atoms with van der Waals surface area (Å²) in [6.45, 7) is 9.54. The maximum atomic E-state index is 5.62. The third-order valence-corrected chi connectivity index (χ3v) is 5.17. The second kappa shape index (κ2) is 7.73. The van der Waals surface area contributed by atoms with Crippen LogP contribution in [0, 0.1) is 13.8 Å². The fourth-order valence-electron chi connectivity index (χ4n) is 3.07. The monoisotopic (exact) mass is 341 g/mol. The van der Waals surface area contributed by atoms with Crippen LogP contribution in [-0.2, 0) is 6.54 Å². The normalized spacial score (nSPS) is 15.3. The van der Waals surface area contributed by atoms with Gasteiger partial charge in [-0.3, -0.25) is 4.98 Å². The van der Waals surface area contributed by atoms with E-state index in [1.165, 1.54) is 16.7 Å². The third kappa shape index (κ3) is 4.10. The molecular formula is C19H25N4S+. The van der Waals surface area contributed by atoms with Crippen LogP contribution in [0.25, 0.3) is 0 Å². The van der Waals surface area contributed by atoms with Gasteiger partial charge in [-0.1, -0.05) is 12.1 Å². The van der Waals surface area contributed by atoms with Crippen molar-refractivity contribution in [2.24, 2.45) is 0 Å². The Balaban J connectivity index is 1.52. The molecule has 0 amide bonds. The van der Waals surface area contributed by atoms with Gasteiger partial charge in [0.15, 0.2) is 5.11 Å². The molecule has 4 nitrogen and oxygen atoms in total. The molecule has 1 fully saturated rings. The van der Waals surface area contributed by atoms with Crippen LogP contribution in [0.15, 0.2) is 42.7 Å². The van der Waals surface area contributed by atoms with Crippen LogP contribution in [0.2, 0.25) is 0 Å². The number of nitrogens with zero attached hydrogens (tertiary/aromatic N) is 2. The molecule has 0 unspecified atom stereocenters. The molecule has 126 valence electrons. The lowest BCUT2D eigenvalue weighted by Gasteiger charge is -2.34. The highest BCUT2D eigenvalue weighted by Gasteiger charge is 2.22. The Morgan fingerprint density at radius 3 is 2.58 bits per heavy atom. The first kappa shape index (κ1) is 16.9. The van der Waals surface area contributed by atoms with Gasteiger partial charge in [0, 0.05) is 23.6 Å². The van der Waals surface area contributed by atoms with Gasteiger partial charge in [0.2, 0.25) is 0 Å². The van der Waals surface area contributed by atoms with Crippen LogP contribution < -0.4 is 10.2 Å². The van der Waals surface area contributed by atoms with E-state index in [2.05, 4.69) is 59.4 Å². The molecule has 1 saturated heterocycles. The van der Waals surface area contributed by atoms with E-state index >= 15 is 0 Å². The lowest BCUT2D eigenvalue weighted by Crippen LogP contribution is -3.13. The SMILES string of the molecule is Cc1cccc(NC(=S)N2CC[NH+](Cc3ccncc3)CC2)c1C. The topological polar surface area (TPSA) is 32.6 Å². The second-order valence-electron chi connectivity index (χ2n) is 6.45. The number of hydrogen-bond acceptors (Lipinski definition) is 2. The van der Waals surface area contributed by atoms with Crippen molar-refractivity contribution in [2.75, 3.05) is 31.5 Å². The number of aromatic nitrogens is 1. The summed E-state index contributed by atoms with van der Waals surface area (Å²) in [5, 5.41) is 4.26. The molecule has 2 heterocycles. The zero-order chi connectivity index (χ0) is 16.9. The van der Waals surface area contributed by atoms with Crippen LogP contribution in [0.3, 0.4) is 0 Å². The zero-order valence-corrected chi connectivity index (χ0v) is 15.2. The van der Waals surface area contributed by atoms with Crippen molar-refractivity contribution in [3.8, 4) is 0 Å². The number of aryl methyl sites for hydroxylation is 1. The molecule has 1 aromatic heterocycles. The Morgan fingerprint density at radius 2 is 1.88 bits per heavy atom. The number of anilines is 1. The highest BCUT2D eigenvalue weighted by atomic mass is 32.1. The molecule has 0 radical (unpaired) electrons. The molecule has 1 aliphatic heterocycles. The predicted octanol–water partition coefficient (Wildman–Crippen LogP) is 1.80. The van der Waals surface area contributed by atoms with Crippen molar-refractivity contribution < 1.29 is 4.90 Å². The quantitative estimate of drug-likeness (QED) is 0.834. The Hall–Kier alpha value is -1.98. The van der Waals surface area contributed by atoms with E-state index in [0.717, 1.165) is 43.5 Å². The molecule has 0 saturated carbocycles. The van der Waals surface area contributed by atoms with E-state index in [9.17, 15) is 0 Å². The number of nitrogens with one attached hydrogen (secondary N) is 2. The molecule has 24 heavy (non-hydrogen) atoms. The van der Waals surface area contributed by atoms with Crippen molar-refractivity contribution >= 4 is 23.0 Å². The largest absolute Gasteiger partial charge is 0.338 e. The predicted molar refractivity (Wildman–Crippen MR) is 102 cm³/mol. The summed E-state index contributed by atoms with van der Waals surface area (Å²) < 4.78 is 0. The highest BCUT2D eigenvalue weighted by Crippen LogP contribution is 2.18. The molecule has 0 spiro atoms. The minimum Gasteiger partial charge on any atom is -0.338 e. The van der Waals surface area contributed by atoms with Crippen molar-refractivity contribution in [3.05, 3.63) is 59.4 Å². The van der Waals surface area contributed by atoms with Crippen LogP contribution >= 0.6 is 12.2 Å². The van der Waals surface area contributed by atoms with Gasteiger partial charge in [0.25, 0.3) is 0 Å². The Labute approximate surface area is 149 Å². The van der Waals surface area contributed by atoms with Crippen LogP contribution in [0.5, 0.6) is 0 Å². The number of hydrogen-bond donors (Lipinski definition) is 2. The average molecular weight is 342 g/mol. The molecule has 5 heteroatoms. The highest BCUT2D eigenvalue weighted by molar-refractivity contribution is 7.80. The minimum atomic E-state index is 0.840. The fourth-order valence-corrected chi connectivity index (χ4v) is 3.37. The summed E-state index contributed by atoms with van der Waals surface area (Å²) in [6.07, 6.45) is 3.74. The molecule has 0 atom stereocenters. The zero-order valence-electron chi connectivity index (χ0n) is 14.4. The van der Waals surface area contributed by atoms with Crippen molar-refractivity contribution in [3.63, 3.8) is 0 Å². The van der Waals surface area contributed by atoms with Crippen molar-refractivity contribution in [1.82, 2.24) is 9.88 Å². The maximum Gasteiger partial charge on any atom is 0.173 e. The van der Waals surface area contributed by atoms with Gasteiger partial charge < -0.3 is 15.1 Å². The van der Waals surface area contributed by atoms with Crippen molar-refractivity contribution in [1.29, 1.82) is 0 Å². The maximum absolute atomic E-state index is 5.62. The first-order valence-electron chi connectivity index (χ1n) is 8.48. The smallest absolute Gasteiger partial charge is 0.173 e. The Kier molecular flexibility index (Phi) is 5.43. The van der Waals surface area contributed by atoms with Gasteiger partial charge in [0.05, 0.1) is 26.2 Å². The minimum absolute atomic E-state index is 0.840. The Morgan fingerprint density at radius 1 is 1.17 bits per heavy atom. The number of benzene rings is 1. The fraction of sp³-hybridized carbons (Fsp3) is 0.368. The molecular weight excluding hydrogens is 316 g/mol. The standard InChI is InChI=1S/C19H24N4S/c1-15-4-3-5-18(16(15)2)21-19(24)23-12-10-22(11-13-23)14-17-6-8-20-9-7-17/h3-9H,10-14H2,1-2H3,(H,21,24)/p+1. The van der Waals surface area contributed by atoms with E-state index in [1.54, 1.807) is 4.90 Å². The van der Waals surface area contributed by atoms with Crippen LogP contribution in [0.1, 0.15) is 16.7 Å². The molecule has 1 aromatic carbocycles. The Bertz CT molecular complexity index is 694. The third-order valence-electron chi connectivity index (χ3n) is 4.81. The van der Waals surface area contributed by atoms with Gasteiger partial charge in [-0.25, -0.2) is 0 Å². The molecule has 3 rings (SSSR count). The molecule has 2 N–H and O–H groups in total. The summed E-state index contributed by atoms with van der Waals surface area (Å²) in [7, 11) is 0. The van der Waals surface area contributed by atoms with Gasteiger partial charge >= 0.3 is 0 Å². The van der Waals surface area contributed by atoms with Crippen molar-refractivity contribution in [2.45, 2.75) is 20.4 Å². The number of quaternary nitrogens is 1. The molecule has 0 bridgehead atoms. The van der Waals surface area contributed by atoms with E-state index in [4.69, 9.17) is 12.2 Å². The van der Waals surface area contributed by atoms with Gasteiger partial charge in [0.1, 0.15) is 6.54 Å². The summed E-state index contributed by atoms with van der Waals surface area (Å²) in [5.41, 5.74) is 5.02. The second-order valence-corrected chi connectivity index (χ2v) is 6.83. The van der Waals surface area contributed by atoms with Crippen LogP contribution in [0.4, 0.5) is 5.69 Å². The summed E-state index contributed by atoms with van der Waals surface area (Å²) in [6, 6.07) is 10.5. The van der Waals surface area contributed by atoms with Crippen LogP contribution in [-0.4, -0.2) is 41.2 Å². The summed E-state index contributed by atoms with van der Waals surface area (Å²) >= 11 is 5.62. The van der Waals surface area contributed by atoms with E-state index < -0.39 is 0 Å².